The molecule has 0 radical (unpaired) electrons. The second-order valence-electron chi connectivity index (χ2n) is 5.79. The molecule has 1 aliphatic rings. The van der Waals surface area contributed by atoms with E-state index in [1.807, 2.05) is 42.5 Å². The molecule has 1 fully saturated rings. The van der Waals surface area contributed by atoms with E-state index in [4.69, 9.17) is 0 Å². The fraction of sp³-hybridized carbons (Fsp3) is 0.222. The molecule has 4 rings (SSSR count). The van der Waals surface area contributed by atoms with Crippen LogP contribution in [0.5, 0.6) is 0 Å². The summed E-state index contributed by atoms with van der Waals surface area (Å²) >= 11 is 0. The molecule has 0 atom stereocenters. The second kappa shape index (κ2) is 7.23. The van der Waals surface area contributed by atoms with E-state index in [0.717, 1.165) is 54.9 Å². The van der Waals surface area contributed by atoms with Gasteiger partial charge in [0.25, 0.3) is 0 Å². The van der Waals surface area contributed by atoms with E-state index in [2.05, 4.69) is 35.7 Å². The number of aromatic nitrogens is 4. The van der Waals surface area contributed by atoms with Crippen LogP contribution in [-0.4, -0.2) is 46.3 Å². The SMILES string of the molecule is c1cnnc(-c2ccc(Nc3ccnc(N4CCNCC4)n3)cc2)c1. The molecule has 0 saturated carbocycles. The van der Waals surface area contributed by atoms with Crippen LogP contribution in [0.15, 0.2) is 54.9 Å². The third-order valence-electron chi connectivity index (χ3n) is 4.07. The molecule has 25 heavy (non-hydrogen) atoms. The largest absolute Gasteiger partial charge is 0.340 e. The van der Waals surface area contributed by atoms with Gasteiger partial charge in [0.2, 0.25) is 5.95 Å². The molecule has 0 spiro atoms. The molecule has 2 aromatic heterocycles. The highest BCUT2D eigenvalue weighted by molar-refractivity contribution is 5.65. The Hall–Kier alpha value is -3.06. The molecule has 7 nitrogen and oxygen atoms in total. The molecule has 7 heteroatoms. The lowest BCUT2D eigenvalue weighted by Gasteiger charge is -2.27. The lowest BCUT2D eigenvalue weighted by Crippen LogP contribution is -2.44. The summed E-state index contributed by atoms with van der Waals surface area (Å²) in [5.41, 5.74) is 2.86. The van der Waals surface area contributed by atoms with Crippen molar-refractivity contribution in [2.75, 3.05) is 36.4 Å². The first-order chi connectivity index (χ1) is 12.4. The van der Waals surface area contributed by atoms with Crippen molar-refractivity contribution in [2.45, 2.75) is 0 Å². The zero-order valence-corrected chi connectivity index (χ0v) is 13.8. The first kappa shape index (κ1) is 15.5. The molecule has 3 aromatic rings. The lowest BCUT2D eigenvalue weighted by molar-refractivity contribution is 0.580. The zero-order valence-electron chi connectivity index (χ0n) is 13.8. The third-order valence-corrected chi connectivity index (χ3v) is 4.07. The highest BCUT2D eigenvalue weighted by Crippen LogP contribution is 2.21. The molecule has 0 bridgehead atoms. The van der Waals surface area contributed by atoms with Gasteiger partial charge in [-0.1, -0.05) is 12.1 Å². The molecule has 3 heterocycles. The lowest BCUT2D eigenvalue weighted by atomic mass is 10.1. The fourth-order valence-electron chi connectivity index (χ4n) is 2.76. The highest BCUT2D eigenvalue weighted by Gasteiger charge is 2.13. The van der Waals surface area contributed by atoms with Crippen molar-refractivity contribution in [1.82, 2.24) is 25.5 Å². The number of rotatable bonds is 4. The minimum absolute atomic E-state index is 0.766. The summed E-state index contributed by atoms with van der Waals surface area (Å²) in [7, 11) is 0. The summed E-state index contributed by atoms with van der Waals surface area (Å²) in [6, 6.07) is 13.8. The molecule has 1 aromatic carbocycles. The number of piperazine rings is 1. The van der Waals surface area contributed by atoms with Crippen molar-refractivity contribution in [3.63, 3.8) is 0 Å². The third kappa shape index (κ3) is 3.72. The van der Waals surface area contributed by atoms with E-state index in [0.29, 0.717) is 0 Å². The quantitative estimate of drug-likeness (QED) is 0.757. The van der Waals surface area contributed by atoms with Crippen LogP contribution >= 0.6 is 0 Å². The van der Waals surface area contributed by atoms with Crippen molar-refractivity contribution in [3.8, 4) is 11.3 Å². The van der Waals surface area contributed by atoms with Gasteiger partial charge < -0.3 is 15.5 Å². The van der Waals surface area contributed by atoms with Crippen LogP contribution in [-0.2, 0) is 0 Å². The smallest absolute Gasteiger partial charge is 0.227 e. The topological polar surface area (TPSA) is 78.9 Å². The Kier molecular flexibility index (Phi) is 4.47. The molecule has 0 aliphatic carbocycles. The van der Waals surface area contributed by atoms with Crippen LogP contribution in [0.25, 0.3) is 11.3 Å². The van der Waals surface area contributed by atoms with Crippen molar-refractivity contribution >= 4 is 17.5 Å². The number of nitrogens with zero attached hydrogens (tertiary/aromatic N) is 5. The first-order valence-corrected chi connectivity index (χ1v) is 8.32. The summed E-state index contributed by atoms with van der Waals surface area (Å²) < 4.78 is 0. The standard InChI is InChI=1S/C18H19N7/c1-2-16(24-21-8-1)14-3-5-15(6-4-14)22-17-7-9-20-18(23-17)25-12-10-19-11-13-25/h1-9,19H,10-13H2,(H,20,22,23). The molecule has 126 valence electrons. The zero-order chi connectivity index (χ0) is 16.9. The summed E-state index contributed by atoms with van der Waals surface area (Å²) in [6.07, 6.45) is 3.46. The summed E-state index contributed by atoms with van der Waals surface area (Å²) in [4.78, 5) is 11.2. The average Bonchev–Trinajstić information content (AvgIpc) is 2.70. The van der Waals surface area contributed by atoms with Crippen LogP contribution in [0.1, 0.15) is 0 Å². The first-order valence-electron chi connectivity index (χ1n) is 8.32. The average molecular weight is 333 g/mol. The second-order valence-corrected chi connectivity index (χ2v) is 5.79. The van der Waals surface area contributed by atoms with Gasteiger partial charge in [-0.3, -0.25) is 0 Å². The van der Waals surface area contributed by atoms with Crippen molar-refractivity contribution < 1.29 is 0 Å². The van der Waals surface area contributed by atoms with Gasteiger partial charge in [-0.15, -0.1) is 0 Å². The predicted molar refractivity (Wildman–Crippen MR) is 97.9 cm³/mol. The molecule has 0 amide bonds. The van der Waals surface area contributed by atoms with Crippen LogP contribution in [0.4, 0.5) is 17.5 Å². The Morgan fingerprint density at radius 3 is 2.56 bits per heavy atom. The van der Waals surface area contributed by atoms with Crippen molar-refractivity contribution in [1.29, 1.82) is 0 Å². The van der Waals surface area contributed by atoms with Gasteiger partial charge in [-0.2, -0.15) is 15.2 Å². The van der Waals surface area contributed by atoms with E-state index in [-0.39, 0.29) is 0 Å². The van der Waals surface area contributed by atoms with Crippen LogP contribution < -0.4 is 15.5 Å². The molecular formula is C18H19N7. The maximum absolute atomic E-state index is 4.63. The van der Waals surface area contributed by atoms with E-state index < -0.39 is 0 Å². The maximum atomic E-state index is 4.63. The van der Waals surface area contributed by atoms with Gasteiger partial charge in [-0.05, 0) is 30.3 Å². The van der Waals surface area contributed by atoms with Crippen LogP contribution in [0.2, 0.25) is 0 Å². The van der Waals surface area contributed by atoms with E-state index >= 15 is 0 Å². The predicted octanol–water partition coefficient (Wildman–Crippen LogP) is 2.09. The number of benzene rings is 1. The Labute approximate surface area is 146 Å². The Morgan fingerprint density at radius 1 is 0.960 bits per heavy atom. The van der Waals surface area contributed by atoms with Gasteiger partial charge in [0, 0.05) is 49.8 Å². The number of anilines is 3. The molecular weight excluding hydrogens is 314 g/mol. The number of nitrogens with one attached hydrogen (secondary N) is 2. The van der Waals surface area contributed by atoms with Crippen molar-refractivity contribution in [3.05, 3.63) is 54.9 Å². The molecule has 2 N–H and O–H groups in total. The monoisotopic (exact) mass is 333 g/mol. The molecule has 1 saturated heterocycles. The van der Waals surface area contributed by atoms with Crippen molar-refractivity contribution in [2.24, 2.45) is 0 Å². The number of hydrogen-bond acceptors (Lipinski definition) is 7. The fourth-order valence-corrected chi connectivity index (χ4v) is 2.76. The maximum Gasteiger partial charge on any atom is 0.227 e. The van der Waals surface area contributed by atoms with Gasteiger partial charge >= 0.3 is 0 Å². The normalized spacial score (nSPS) is 14.3. The van der Waals surface area contributed by atoms with E-state index in [1.54, 1.807) is 12.4 Å². The summed E-state index contributed by atoms with van der Waals surface area (Å²) in [5, 5.41) is 14.7. The van der Waals surface area contributed by atoms with Gasteiger partial charge in [0.1, 0.15) is 5.82 Å². The Bertz CT molecular complexity index is 814. The summed E-state index contributed by atoms with van der Waals surface area (Å²) in [6.45, 7) is 3.78. The van der Waals surface area contributed by atoms with Crippen LogP contribution in [0.3, 0.4) is 0 Å². The van der Waals surface area contributed by atoms with Gasteiger partial charge in [-0.25, -0.2) is 4.98 Å². The van der Waals surface area contributed by atoms with Crippen LogP contribution in [0, 0.1) is 0 Å². The van der Waals surface area contributed by atoms with E-state index in [1.165, 1.54) is 0 Å². The Balaban J connectivity index is 1.48. The minimum Gasteiger partial charge on any atom is -0.340 e. The summed E-state index contributed by atoms with van der Waals surface area (Å²) in [5.74, 6) is 1.55. The van der Waals surface area contributed by atoms with E-state index in [9.17, 15) is 0 Å². The number of hydrogen-bond donors (Lipinski definition) is 2. The highest BCUT2D eigenvalue weighted by atomic mass is 15.3. The molecule has 0 unspecified atom stereocenters. The molecule has 1 aliphatic heterocycles. The minimum atomic E-state index is 0.766. The van der Waals surface area contributed by atoms with Gasteiger partial charge in [0.15, 0.2) is 0 Å². The Morgan fingerprint density at radius 2 is 1.80 bits per heavy atom. The van der Waals surface area contributed by atoms with Gasteiger partial charge in [0.05, 0.1) is 5.69 Å².